The topological polar surface area (TPSA) is 64.1 Å². The molecule has 0 spiro atoms. The molecule has 0 aliphatic heterocycles. The van der Waals surface area contributed by atoms with Gasteiger partial charge in [-0.2, -0.15) is 5.10 Å². The van der Waals surface area contributed by atoms with Crippen molar-refractivity contribution in [2.75, 3.05) is 6.54 Å². The van der Waals surface area contributed by atoms with E-state index in [1.54, 1.807) is 0 Å². The van der Waals surface area contributed by atoms with Gasteiger partial charge in [0.05, 0.1) is 0 Å². The van der Waals surface area contributed by atoms with Crippen LogP contribution in [0.5, 0.6) is 0 Å². The SMILES string of the molecule is Cn1cc(C(C)(O)CN)c(C(F)F)n1. The average molecular weight is 205 g/mol. The first-order valence-corrected chi connectivity index (χ1v) is 4.13. The Morgan fingerprint density at radius 2 is 2.29 bits per heavy atom. The van der Waals surface area contributed by atoms with Crippen LogP contribution < -0.4 is 5.73 Å². The average Bonchev–Trinajstić information content (AvgIpc) is 2.48. The molecule has 0 aliphatic carbocycles. The Balaban J connectivity index is 3.19. The van der Waals surface area contributed by atoms with Gasteiger partial charge >= 0.3 is 0 Å². The molecule has 6 heteroatoms. The molecule has 0 fully saturated rings. The van der Waals surface area contributed by atoms with Crippen LogP contribution in [0.15, 0.2) is 6.20 Å². The van der Waals surface area contributed by atoms with Crippen LogP contribution in [0, 0.1) is 0 Å². The summed E-state index contributed by atoms with van der Waals surface area (Å²) in [5.41, 5.74) is 3.49. The van der Waals surface area contributed by atoms with E-state index in [1.807, 2.05) is 0 Å². The monoisotopic (exact) mass is 205 g/mol. The van der Waals surface area contributed by atoms with Gasteiger partial charge in [-0.15, -0.1) is 0 Å². The van der Waals surface area contributed by atoms with Gasteiger partial charge in [0.2, 0.25) is 0 Å². The lowest BCUT2D eigenvalue weighted by molar-refractivity contribution is 0.0592. The van der Waals surface area contributed by atoms with Crippen LogP contribution in [-0.2, 0) is 12.6 Å². The highest BCUT2D eigenvalue weighted by molar-refractivity contribution is 5.25. The summed E-state index contributed by atoms with van der Waals surface area (Å²) in [7, 11) is 1.52. The molecule has 0 aliphatic rings. The van der Waals surface area contributed by atoms with E-state index in [-0.39, 0.29) is 12.1 Å². The summed E-state index contributed by atoms with van der Waals surface area (Å²) >= 11 is 0. The number of aliphatic hydroxyl groups is 1. The molecule has 0 saturated carbocycles. The number of nitrogens with zero attached hydrogens (tertiary/aromatic N) is 2. The van der Waals surface area contributed by atoms with Crippen LogP contribution in [0.2, 0.25) is 0 Å². The molecule has 80 valence electrons. The Morgan fingerprint density at radius 1 is 1.71 bits per heavy atom. The highest BCUT2D eigenvalue weighted by atomic mass is 19.3. The van der Waals surface area contributed by atoms with Crippen LogP contribution >= 0.6 is 0 Å². The zero-order chi connectivity index (χ0) is 10.9. The van der Waals surface area contributed by atoms with Gasteiger partial charge in [0.1, 0.15) is 11.3 Å². The lowest BCUT2D eigenvalue weighted by Crippen LogP contribution is -2.32. The molecule has 1 aromatic heterocycles. The van der Waals surface area contributed by atoms with Crippen molar-refractivity contribution in [1.82, 2.24) is 9.78 Å². The molecule has 1 aromatic rings. The molecule has 0 aromatic carbocycles. The predicted molar refractivity (Wildman–Crippen MR) is 46.8 cm³/mol. The smallest absolute Gasteiger partial charge is 0.282 e. The summed E-state index contributed by atoms with van der Waals surface area (Å²) in [6.07, 6.45) is -1.35. The molecule has 4 nitrogen and oxygen atoms in total. The van der Waals surface area contributed by atoms with E-state index in [4.69, 9.17) is 5.73 Å². The molecule has 0 bridgehead atoms. The summed E-state index contributed by atoms with van der Waals surface area (Å²) in [5.74, 6) is 0. The maximum Gasteiger partial charge on any atom is 0.282 e. The quantitative estimate of drug-likeness (QED) is 0.756. The highest BCUT2D eigenvalue weighted by Crippen LogP contribution is 2.28. The standard InChI is InChI=1S/C8H13F2N3O/c1-8(14,4-11)5-3-13(2)12-6(5)7(9)10/h3,7,14H,4,11H2,1-2H3. The molecule has 1 rings (SSSR count). The van der Waals surface area contributed by atoms with Crippen LogP contribution in [0.3, 0.4) is 0 Å². The lowest BCUT2D eigenvalue weighted by Gasteiger charge is -2.20. The van der Waals surface area contributed by atoms with Gasteiger partial charge in [-0.3, -0.25) is 4.68 Å². The number of rotatable bonds is 3. The second kappa shape index (κ2) is 3.62. The molecular weight excluding hydrogens is 192 g/mol. The van der Waals surface area contributed by atoms with Gasteiger partial charge in [0, 0.05) is 25.4 Å². The number of nitrogens with two attached hydrogens (primary N) is 1. The van der Waals surface area contributed by atoms with E-state index < -0.39 is 17.7 Å². The Kier molecular flexibility index (Phi) is 2.86. The van der Waals surface area contributed by atoms with E-state index >= 15 is 0 Å². The van der Waals surface area contributed by atoms with Crippen molar-refractivity contribution in [2.24, 2.45) is 12.8 Å². The van der Waals surface area contributed by atoms with Crippen molar-refractivity contribution < 1.29 is 13.9 Å². The molecule has 1 heterocycles. The maximum atomic E-state index is 12.5. The van der Waals surface area contributed by atoms with Crippen LogP contribution in [0.4, 0.5) is 8.78 Å². The van der Waals surface area contributed by atoms with E-state index in [1.165, 1.54) is 24.9 Å². The van der Waals surface area contributed by atoms with E-state index in [9.17, 15) is 13.9 Å². The zero-order valence-corrected chi connectivity index (χ0v) is 8.04. The van der Waals surface area contributed by atoms with Crippen molar-refractivity contribution in [3.63, 3.8) is 0 Å². The Morgan fingerprint density at radius 3 is 2.71 bits per heavy atom. The minimum atomic E-state index is -2.70. The minimum absolute atomic E-state index is 0.0810. The molecule has 1 atom stereocenters. The summed E-state index contributed by atoms with van der Waals surface area (Å²) < 4.78 is 26.2. The number of hydrogen-bond acceptors (Lipinski definition) is 3. The fraction of sp³-hybridized carbons (Fsp3) is 0.625. The fourth-order valence-electron chi connectivity index (χ4n) is 1.19. The summed E-state index contributed by atoms with van der Waals surface area (Å²) in [4.78, 5) is 0. The first kappa shape index (κ1) is 11.1. The molecule has 0 amide bonds. The third-order valence-corrected chi connectivity index (χ3v) is 2.04. The van der Waals surface area contributed by atoms with E-state index in [0.29, 0.717) is 0 Å². The number of alkyl halides is 2. The summed E-state index contributed by atoms with van der Waals surface area (Å²) in [6.45, 7) is 1.26. The molecule has 0 saturated heterocycles. The van der Waals surface area contributed by atoms with Crippen molar-refractivity contribution in [1.29, 1.82) is 0 Å². The predicted octanol–water partition coefficient (Wildman–Crippen LogP) is 0.524. The normalized spacial score (nSPS) is 15.9. The minimum Gasteiger partial charge on any atom is -0.384 e. The summed E-state index contributed by atoms with van der Waals surface area (Å²) in [5, 5.41) is 13.3. The number of aryl methyl sites for hydroxylation is 1. The Bertz CT molecular complexity index is 322. The summed E-state index contributed by atoms with van der Waals surface area (Å²) in [6, 6.07) is 0. The lowest BCUT2D eigenvalue weighted by atomic mass is 9.97. The zero-order valence-electron chi connectivity index (χ0n) is 8.04. The number of halogens is 2. The fourth-order valence-corrected chi connectivity index (χ4v) is 1.19. The molecule has 1 unspecified atom stereocenters. The van der Waals surface area contributed by atoms with Gasteiger partial charge in [0.25, 0.3) is 6.43 Å². The highest BCUT2D eigenvalue weighted by Gasteiger charge is 2.30. The largest absolute Gasteiger partial charge is 0.384 e. The van der Waals surface area contributed by atoms with Crippen molar-refractivity contribution in [2.45, 2.75) is 19.0 Å². The van der Waals surface area contributed by atoms with Gasteiger partial charge in [-0.05, 0) is 6.92 Å². The first-order valence-electron chi connectivity index (χ1n) is 4.13. The molecule has 0 radical (unpaired) electrons. The second-order valence-corrected chi connectivity index (χ2v) is 3.38. The third kappa shape index (κ3) is 1.91. The maximum absolute atomic E-state index is 12.5. The van der Waals surface area contributed by atoms with E-state index in [2.05, 4.69) is 5.10 Å². The second-order valence-electron chi connectivity index (χ2n) is 3.38. The van der Waals surface area contributed by atoms with Crippen LogP contribution in [0.1, 0.15) is 24.6 Å². The number of hydrogen-bond donors (Lipinski definition) is 2. The van der Waals surface area contributed by atoms with Crippen molar-refractivity contribution >= 4 is 0 Å². The Labute approximate surface area is 80.3 Å². The number of aromatic nitrogens is 2. The van der Waals surface area contributed by atoms with Crippen molar-refractivity contribution in [3.8, 4) is 0 Å². The molecule has 14 heavy (non-hydrogen) atoms. The van der Waals surface area contributed by atoms with Gasteiger partial charge < -0.3 is 10.8 Å². The third-order valence-electron chi connectivity index (χ3n) is 2.04. The molecular formula is C8H13F2N3O. The van der Waals surface area contributed by atoms with E-state index in [0.717, 1.165) is 0 Å². The van der Waals surface area contributed by atoms with Crippen LogP contribution in [-0.4, -0.2) is 21.4 Å². The van der Waals surface area contributed by atoms with Gasteiger partial charge in [-0.25, -0.2) is 8.78 Å². The Hall–Kier alpha value is -1.01. The molecule has 3 N–H and O–H groups in total. The first-order chi connectivity index (χ1) is 6.38. The van der Waals surface area contributed by atoms with Gasteiger partial charge in [-0.1, -0.05) is 0 Å². The van der Waals surface area contributed by atoms with Crippen molar-refractivity contribution in [3.05, 3.63) is 17.5 Å². The van der Waals surface area contributed by atoms with Crippen LogP contribution in [0.25, 0.3) is 0 Å². The van der Waals surface area contributed by atoms with Gasteiger partial charge in [0.15, 0.2) is 0 Å².